The molecule has 0 N–H and O–H groups in total. The average molecular weight is 173 g/mol. The van der Waals surface area contributed by atoms with Gasteiger partial charge in [0, 0.05) is 6.54 Å². The Kier molecular flexibility index (Phi) is 2.45. The van der Waals surface area contributed by atoms with Crippen molar-refractivity contribution < 1.29 is 4.79 Å². The van der Waals surface area contributed by atoms with Crippen LogP contribution in [0.5, 0.6) is 0 Å². The smallest absolute Gasteiger partial charge is 0.215 e. The first-order valence-electron chi connectivity index (χ1n) is 2.84. The van der Waals surface area contributed by atoms with Crippen molar-refractivity contribution in [2.75, 3.05) is 13.1 Å². The van der Waals surface area contributed by atoms with Crippen LogP contribution in [0, 0.1) is 0 Å². The number of carbonyl (C=O) groups is 1. The highest BCUT2D eigenvalue weighted by Crippen LogP contribution is 2.18. The van der Waals surface area contributed by atoms with E-state index in [1.165, 1.54) is 0 Å². The Bertz CT molecular complexity index is 190. The lowest BCUT2D eigenvalue weighted by Gasteiger charge is -2.11. The highest BCUT2D eigenvalue weighted by Gasteiger charge is 2.23. The van der Waals surface area contributed by atoms with Crippen LogP contribution in [0.25, 0.3) is 0 Å². The van der Waals surface area contributed by atoms with Gasteiger partial charge in [0.2, 0.25) is 5.12 Å². The van der Waals surface area contributed by atoms with E-state index in [-0.39, 0.29) is 5.12 Å². The molecular weight excluding hydrogens is 166 g/mol. The molecular formula is C6H7NOS2. The van der Waals surface area contributed by atoms with E-state index in [9.17, 15) is 4.79 Å². The Balaban J connectivity index is 2.54. The molecule has 0 aromatic rings. The van der Waals surface area contributed by atoms with Gasteiger partial charge in [0.05, 0.1) is 6.54 Å². The zero-order valence-electron chi connectivity index (χ0n) is 5.37. The van der Waals surface area contributed by atoms with E-state index in [0.717, 1.165) is 11.8 Å². The second-order valence-electron chi connectivity index (χ2n) is 1.91. The van der Waals surface area contributed by atoms with E-state index in [2.05, 4.69) is 6.58 Å². The molecule has 0 unspecified atom stereocenters. The van der Waals surface area contributed by atoms with Crippen molar-refractivity contribution in [2.24, 2.45) is 0 Å². The number of thiocarbonyl (C=S) groups is 1. The molecule has 0 spiro atoms. The van der Waals surface area contributed by atoms with Gasteiger partial charge in [-0.3, -0.25) is 4.79 Å². The summed E-state index contributed by atoms with van der Waals surface area (Å²) in [7, 11) is 0. The molecule has 54 valence electrons. The predicted molar refractivity (Wildman–Crippen MR) is 47.0 cm³/mol. The molecule has 0 aliphatic carbocycles. The van der Waals surface area contributed by atoms with Gasteiger partial charge in [0.1, 0.15) is 4.32 Å². The maximum Gasteiger partial charge on any atom is 0.215 e. The summed E-state index contributed by atoms with van der Waals surface area (Å²) in [6.45, 7) is 4.68. The molecule has 1 aliphatic heterocycles. The molecule has 0 atom stereocenters. The number of rotatable bonds is 2. The van der Waals surface area contributed by atoms with E-state index in [1.54, 1.807) is 6.08 Å². The quantitative estimate of drug-likeness (QED) is 0.459. The van der Waals surface area contributed by atoms with Crippen LogP contribution in [0.2, 0.25) is 0 Å². The van der Waals surface area contributed by atoms with Crippen molar-refractivity contribution in [1.29, 1.82) is 0 Å². The van der Waals surface area contributed by atoms with Crippen LogP contribution in [0.1, 0.15) is 0 Å². The van der Waals surface area contributed by atoms with Gasteiger partial charge in [-0.2, -0.15) is 0 Å². The SMILES string of the molecule is C=CCN1CC(=O)SC1=S. The highest BCUT2D eigenvalue weighted by molar-refractivity contribution is 8.33. The topological polar surface area (TPSA) is 20.3 Å². The van der Waals surface area contributed by atoms with Gasteiger partial charge >= 0.3 is 0 Å². The molecule has 0 amide bonds. The summed E-state index contributed by atoms with van der Waals surface area (Å²) in [6.07, 6.45) is 1.74. The third-order valence-electron chi connectivity index (χ3n) is 1.13. The molecule has 2 nitrogen and oxygen atoms in total. The van der Waals surface area contributed by atoms with E-state index in [4.69, 9.17) is 12.2 Å². The van der Waals surface area contributed by atoms with Crippen LogP contribution in [0.3, 0.4) is 0 Å². The highest BCUT2D eigenvalue weighted by atomic mass is 32.2. The molecule has 1 heterocycles. The van der Waals surface area contributed by atoms with Gasteiger partial charge < -0.3 is 4.90 Å². The van der Waals surface area contributed by atoms with Crippen molar-refractivity contribution in [3.63, 3.8) is 0 Å². The Hall–Kier alpha value is -0.350. The zero-order valence-corrected chi connectivity index (χ0v) is 7.00. The molecule has 4 heteroatoms. The Morgan fingerprint density at radius 2 is 2.60 bits per heavy atom. The van der Waals surface area contributed by atoms with Crippen LogP contribution in [-0.2, 0) is 4.79 Å². The summed E-state index contributed by atoms with van der Waals surface area (Å²) in [5, 5.41) is 0.131. The Morgan fingerprint density at radius 1 is 1.90 bits per heavy atom. The molecule has 0 radical (unpaired) electrons. The minimum Gasteiger partial charge on any atom is -0.345 e. The molecule has 0 bridgehead atoms. The summed E-state index contributed by atoms with van der Waals surface area (Å²) >= 11 is 6.04. The van der Waals surface area contributed by atoms with Crippen molar-refractivity contribution in [3.8, 4) is 0 Å². The lowest BCUT2D eigenvalue weighted by molar-refractivity contribution is -0.110. The van der Waals surface area contributed by atoms with Crippen LogP contribution in [0.4, 0.5) is 0 Å². The van der Waals surface area contributed by atoms with Crippen molar-refractivity contribution in [1.82, 2.24) is 4.90 Å². The van der Waals surface area contributed by atoms with Gasteiger partial charge in [-0.05, 0) is 11.8 Å². The summed E-state index contributed by atoms with van der Waals surface area (Å²) < 4.78 is 0.671. The zero-order chi connectivity index (χ0) is 7.56. The molecule has 10 heavy (non-hydrogen) atoms. The van der Waals surface area contributed by atoms with E-state index in [0.29, 0.717) is 17.4 Å². The lowest BCUT2D eigenvalue weighted by atomic mass is 10.5. The van der Waals surface area contributed by atoms with E-state index < -0.39 is 0 Å². The van der Waals surface area contributed by atoms with Gasteiger partial charge in [-0.25, -0.2) is 0 Å². The van der Waals surface area contributed by atoms with Gasteiger partial charge in [-0.15, -0.1) is 6.58 Å². The van der Waals surface area contributed by atoms with Gasteiger partial charge in [0.15, 0.2) is 0 Å². The van der Waals surface area contributed by atoms with Crippen molar-refractivity contribution in [2.45, 2.75) is 0 Å². The maximum atomic E-state index is 10.7. The van der Waals surface area contributed by atoms with Crippen LogP contribution >= 0.6 is 24.0 Å². The molecule has 1 saturated heterocycles. The first kappa shape index (κ1) is 7.75. The number of nitrogens with zero attached hydrogens (tertiary/aromatic N) is 1. The molecule has 1 fully saturated rings. The Labute approximate surface area is 69.3 Å². The standard InChI is InChI=1S/C6H7NOS2/c1-2-3-7-4-5(8)10-6(7)9/h2H,1,3-4H2. The minimum atomic E-state index is 0.131. The lowest BCUT2D eigenvalue weighted by Crippen LogP contribution is -2.23. The number of thioether (sulfide) groups is 1. The normalized spacial score (nSPS) is 18.2. The average Bonchev–Trinajstić information content (AvgIpc) is 2.13. The molecule has 0 aromatic carbocycles. The predicted octanol–water partition coefficient (Wildman–Crippen LogP) is 1.03. The summed E-state index contributed by atoms with van der Waals surface area (Å²) in [5.74, 6) is 0. The third kappa shape index (κ3) is 1.58. The van der Waals surface area contributed by atoms with Gasteiger partial charge in [0.25, 0.3) is 0 Å². The second-order valence-corrected chi connectivity index (χ2v) is 3.60. The molecule has 1 aliphatic rings. The van der Waals surface area contributed by atoms with Crippen molar-refractivity contribution >= 4 is 33.4 Å². The fourth-order valence-corrected chi connectivity index (χ4v) is 1.81. The summed E-state index contributed by atoms with van der Waals surface area (Å²) in [4.78, 5) is 12.6. The van der Waals surface area contributed by atoms with Crippen molar-refractivity contribution in [3.05, 3.63) is 12.7 Å². The third-order valence-corrected chi connectivity index (χ3v) is 2.43. The second kappa shape index (κ2) is 3.16. The first-order valence-corrected chi connectivity index (χ1v) is 4.07. The van der Waals surface area contributed by atoms with E-state index in [1.807, 2.05) is 4.90 Å². The number of carbonyl (C=O) groups excluding carboxylic acids is 1. The number of hydrogen-bond donors (Lipinski definition) is 0. The first-order chi connectivity index (χ1) is 4.74. The van der Waals surface area contributed by atoms with Crippen LogP contribution < -0.4 is 0 Å². The van der Waals surface area contributed by atoms with E-state index >= 15 is 0 Å². The van der Waals surface area contributed by atoms with Crippen LogP contribution in [0.15, 0.2) is 12.7 Å². The Morgan fingerprint density at radius 3 is 3.00 bits per heavy atom. The molecule has 0 aromatic heterocycles. The largest absolute Gasteiger partial charge is 0.345 e. The fraction of sp³-hybridized carbons (Fsp3) is 0.333. The molecule has 1 rings (SSSR count). The fourth-order valence-electron chi connectivity index (χ4n) is 0.710. The van der Waals surface area contributed by atoms with Crippen LogP contribution in [-0.4, -0.2) is 27.4 Å². The monoisotopic (exact) mass is 173 g/mol. The number of hydrogen-bond acceptors (Lipinski definition) is 3. The maximum absolute atomic E-state index is 10.7. The molecule has 0 saturated carbocycles. The van der Waals surface area contributed by atoms with Gasteiger partial charge in [-0.1, -0.05) is 18.3 Å². The summed E-state index contributed by atoms with van der Waals surface area (Å²) in [6, 6.07) is 0. The summed E-state index contributed by atoms with van der Waals surface area (Å²) in [5.41, 5.74) is 0. The minimum absolute atomic E-state index is 0.131.